The number of nitrogens with zero attached hydrogens (tertiary/aromatic N) is 1. The van der Waals surface area contributed by atoms with Gasteiger partial charge < -0.3 is 25.5 Å². The van der Waals surface area contributed by atoms with E-state index < -0.39 is 5.97 Å². The van der Waals surface area contributed by atoms with Crippen molar-refractivity contribution in [2.45, 2.75) is 20.5 Å². The van der Waals surface area contributed by atoms with Crippen LogP contribution in [0, 0.1) is 13.8 Å². The second-order valence-corrected chi connectivity index (χ2v) is 6.78. The summed E-state index contributed by atoms with van der Waals surface area (Å²) in [7, 11) is 0. The number of nitrogens with two attached hydrogens (primary N) is 2. The SMILES string of the molecule is Cc1cc(Cl)ccc1OCc1ccc(C(=O)O/N=C(\N)c2cccc(N)c2C)o1. The molecule has 4 N–H and O–H groups in total. The van der Waals surface area contributed by atoms with Gasteiger partial charge in [-0.25, -0.2) is 4.79 Å². The second kappa shape index (κ2) is 8.70. The van der Waals surface area contributed by atoms with Crippen molar-refractivity contribution in [1.29, 1.82) is 0 Å². The molecule has 8 heteroatoms. The van der Waals surface area contributed by atoms with Crippen molar-refractivity contribution >= 4 is 29.1 Å². The number of furan rings is 1. The third-order valence-electron chi connectivity index (χ3n) is 4.25. The first-order chi connectivity index (χ1) is 13.8. The molecule has 1 aromatic heterocycles. The van der Waals surface area contributed by atoms with Gasteiger partial charge in [0.25, 0.3) is 0 Å². The first kappa shape index (κ1) is 20.3. The van der Waals surface area contributed by atoms with E-state index in [9.17, 15) is 4.79 Å². The van der Waals surface area contributed by atoms with Crippen LogP contribution in [0.2, 0.25) is 5.02 Å². The van der Waals surface area contributed by atoms with Crippen molar-refractivity contribution in [3.8, 4) is 5.75 Å². The van der Waals surface area contributed by atoms with Gasteiger partial charge in [-0.1, -0.05) is 28.9 Å². The Kier molecular flexibility index (Phi) is 6.09. The van der Waals surface area contributed by atoms with Gasteiger partial charge in [-0.05, 0) is 61.4 Å². The van der Waals surface area contributed by atoms with Crippen molar-refractivity contribution in [3.63, 3.8) is 0 Å². The van der Waals surface area contributed by atoms with E-state index >= 15 is 0 Å². The minimum atomic E-state index is -0.775. The molecule has 1 heterocycles. The van der Waals surface area contributed by atoms with Crippen LogP contribution in [0.15, 0.2) is 58.1 Å². The van der Waals surface area contributed by atoms with Crippen LogP contribution in [0.3, 0.4) is 0 Å². The van der Waals surface area contributed by atoms with Crippen molar-refractivity contribution in [2.24, 2.45) is 10.9 Å². The number of hydrogen-bond donors (Lipinski definition) is 2. The van der Waals surface area contributed by atoms with Gasteiger partial charge in [0.1, 0.15) is 18.1 Å². The maximum absolute atomic E-state index is 12.2. The number of halogens is 1. The normalized spacial score (nSPS) is 11.3. The molecule has 0 saturated carbocycles. The number of amidine groups is 1. The van der Waals surface area contributed by atoms with Crippen molar-refractivity contribution in [3.05, 3.63) is 81.8 Å². The van der Waals surface area contributed by atoms with Crippen molar-refractivity contribution in [1.82, 2.24) is 0 Å². The molecule has 0 saturated heterocycles. The zero-order chi connectivity index (χ0) is 21.0. The van der Waals surface area contributed by atoms with Crippen LogP contribution in [0.25, 0.3) is 0 Å². The zero-order valence-electron chi connectivity index (χ0n) is 15.9. The smallest absolute Gasteiger partial charge is 0.400 e. The van der Waals surface area contributed by atoms with E-state index in [-0.39, 0.29) is 18.2 Å². The molecular formula is C21H20ClN3O4. The molecule has 0 spiro atoms. The van der Waals surface area contributed by atoms with Crippen LogP contribution in [-0.2, 0) is 11.4 Å². The molecule has 0 fully saturated rings. The molecule has 0 amide bonds. The summed E-state index contributed by atoms with van der Waals surface area (Å²) in [5.41, 5.74) is 14.5. The Balaban J connectivity index is 1.62. The molecule has 0 bridgehead atoms. The third-order valence-corrected chi connectivity index (χ3v) is 4.48. The van der Waals surface area contributed by atoms with Gasteiger partial charge in [-0.15, -0.1) is 0 Å². The van der Waals surface area contributed by atoms with Gasteiger partial charge in [-0.3, -0.25) is 0 Å². The van der Waals surface area contributed by atoms with E-state index in [4.69, 9.17) is 37.1 Å². The number of aryl methyl sites for hydroxylation is 1. The van der Waals surface area contributed by atoms with Gasteiger partial charge in [0.2, 0.25) is 5.76 Å². The summed E-state index contributed by atoms with van der Waals surface area (Å²) in [6.45, 7) is 3.83. The lowest BCUT2D eigenvalue weighted by Crippen LogP contribution is -2.17. The Hall–Kier alpha value is -3.45. The molecule has 150 valence electrons. The molecule has 7 nitrogen and oxygen atoms in total. The lowest BCUT2D eigenvalue weighted by atomic mass is 10.1. The van der Waals surface area contributed by atoms with E-state index in [2.05, 4.69) is 5.16 Å². The van der Waals surface area contributed by atoms with Crippen LogP contribution in [-0.4, -0.2) is 11.8 Å². The Morgan fingerprint density at radius 2 is 1.97 bits per heavy atom. The van der Waals surface area contributed by atoms with E-state index in [0.717, 1.165) is 11.1 Å². The maximum atomic E-state index is 12.2. The summed E-state index contributed by atoms with van der Waals surface area (Å²) in [5.74, 6) is 0.372. The highest BCUT2D eigenvalue weighted by Crippen LogP contribution is 2.23. The van der Waals surface area contributed by atoms with E-state index in [1.54, 1.807) is 49.4 Å². The highest BCUT2D eigenvalue weighted by molar-refractivity contribution is 6.30. The quantitative estimate of drug-likeness (QED) is 0.206. The second-order valence-electron chi connectivity index (χ2n) is 6.34. The highest BCUT2D eigenvalue weighted by Gasteiger charge is 2.15. The highest BCUT2D eigenvalue weighted by atomic mass is 35.5. The van der Waals surface area contributed by atoms with E-state index in [1.807, 2.05) is 6.92 Å². The largest absolute Gasteiger partial charge is 0.485 e. The van der Waals surface area contributed by atoms with Crippen LogP contribution >= 0.6 is 11.6 Å². The maximum Gasteiger partial charge on any atom is 0.400 e. The summed E-state index contributed by atoms with van der Waals surface area (Å²) in [6.07, 6.45) is 0. The summed E-state index contributed by atoms with van der Waals surface area (Å²) >= 11 is 5.93. The Morgan fingerprint density at radius 3 is 2.72 bits per heavy atom. The predicted octanol–water partition coefficient (Wildman–Crippen LogP) is 4.19. The third kappa shape index (κ3) is 4.89. The predicted molar refractivity (Wildman–Crippen MR) is 111 cm³/mol. The number of carbonyl (C=O) groups is 1. The number of rotatable bonds is 6. The number of oxime groups is 1. The fourth-order valence-electron chi connectivity index (χ4n) is 2.60. The topological polar surface area (TPSA) is 113 Å². The average molecular weight is 414 g/mol. The molecule has 3 rings (SSSR count). The Labute approximate surface area is 172 Å². The lowest BCUT2D eigenvalue weighted by Gasteiger charge is -2.07. The molecule has 3 aromatic rings. The number of nitrogen functional groups attached to an aromatic ring is 1. The van der Waals surface area contributed by atoms with Gasteiger partial charge in [0.15, 0.2) is 5.84 Å². The molecule has 2 aromatic carbocycles. The molecular weight excluding hydrogens is 394 g/mol. The summed E-state index contributed by atoms with van der Waals surface area (Å²) in [4.78, 5) is 17.0. The van der Waals surface area contributed by atoms with Crippen LogP contribution in [0.5, 0.6) is 5.75 Å². The number of hydrogen-bond acceptors (Lipinski definition) is 6. The first-order valence-electron chi connectivity index (χ1n) is 8.73. The van der Waals surface area contributed by atoms with Gasteiger partial charge in [-0.2, -0.15) is 0 Å². The van der Waals surface area contributed by atoms with E-state index in [1.165, 1.54) is 6.07 Å². The summed E-state index contributed by atoms with van der Waals surface area (Å²) in [5, 5.41) is 4.31. The fourth-order valence-corrected chi connectivity index (χ4v) is 2.83. The molecule has 29 heavy (non-hydrogen) atoms. The number of anilines is 1. The number of carbonyl (C=O) groups excluding carboxylic acids is 1. The zero-order valence-corrected chi connectivity index (χ0v) is 16.7. The fraction of sp³-hybridized carbons (Fsp3) is 0.143. The van der Waals surface area contributed by atoms with Gasteiger partial charge >= 0.3 is 5.97 Å². The van der Waals surface area contributed by atoms with Gasteiger partial charge in [0.05, 0.1) is 0 Å². The summed E-state index contributed by atoms with van der Waals surface area (Å²) < 4.78 is 11.1. The number of benzene rings is 2. The minimum Gasteiger partial charge on any atom is -0.485 e. The molecule has 0 atom stereocenters. The Bertz CT molecular complexity index is 1080. The van der Waals surface area contributed by atoms with Crippen molar-refractivity contribution in [2.75, 3.05) is 5.73 Å². The van der Waals surface area contributed by atoms with Crippen LogP contribution in [0.4, 0.5) is 5.69 Å². The standard InChI is InChI=1S/C21H20ClN3O4/c1-12-10-14(22)6-8-18(12)27-11-15-7-9-19(28-15)21(26)29-25-20(24)16-4-3-5-17(23)13(16)2/h3-10H,11,23H2,1-2H3,(H2,24,25). The minimum absolute atomic E-state index is 0.0164. The molecule has 0 aliphatic rings. The number of ether oxygens (including phenoxy) is 1. The van der Waals surface area contributed by atoms with Gasteiger partial charge in [0, 0.05) is 16.3 Å². The van der Waals surface area contributed by atoms with Crippen molar-refractivity contribution < 1.29 is 18.8 Å². The van der Waals surface area contributed by atoms with Crippen LogP contribution in [0.1, 0.15) is 33.0 Å². The molecule has 0 radical (unpaired) electrons. The Morgan fingerprint density at radius 1 is 1.17 bits per heavy atom. The molecule has 0 aliphatic carbocycles. The molecule has 0 unspecified atom stereocenters. The summed E-state index contributed by atoms with van der Waals surface area (Å²) in [6, 6.07) is 13.6. The first-order valence-corrected chi connectivity index (χ1v) is 9.11. The monoisotopic (exact) mass is 413 g/mol. The van der Waals surface area contributed by atoms with E-state index in [0.29, 0.717) is 27.8 Å². The molecule has 0 aliphatic heterocycles. The van der Waals surface area contributed by atoms with Crippen LogP contribution < -0.4 is 16.2 Å². The average Bonchev–Trinajstić information content (AvgIpc) is 3.16. The lowest BCUT2D eigenvalue weighted by molar-refractivity contribution is 0.0475.